The molecule has 4 heterocycles. The zero-order chi connectivity index (χ0) is 27.5. The molecule has 1 aromatic carbocycles. The lowest BCUT2D eigenvalue weighted by atomic mass is 9.73. The molecule has 4 fully saturated rings. The number of likely N-dealkylation sites (tertiary alicyclic amines) is 1. The third-order valence-electron chi connectivity index (χ3n) is 9.57. The summed E-state index contributed by atoms with van der Waals surface area (Å²) in [5.41, 5.74) is -0.917. The molecule has 1 spiro atoms. The molecule has 8 nitrogen and oxygen atoms in total. The van der Waals surface area contributed by atoms with Crippen molar-refractivity contribution >= 4 is 35.0 Å². The van der Waals surface area contributed by atoms with Gasteiger partial charge in [-0.05, 0) is 49.3 Å². The van der Waals surface area contributed by atoms with Crippen LogP contribution in [0.2, 0.25) is 5.02 Å². The maximum atomic E-state index is 14.1. The largest absolute Gasteiger partial charge is 0.376 e. The van der Waals surface area contributed by atoms with Gasteiger partial charge in [0.05, 0.1) is 29.1 Å². The van der Waals surface area contributed by atoms with Gasteiger partial charge in [0.15, 0.2) is 0 Å². The molecule has 39 heavy (non-hydrogen) atoms. The third-order valence-corrected chi connectivity index (χ3v) is 9.86. The molecule has 6 rings (SSSR count). The highest BCUT2D eigenvalue weighted by atomic mass is 35.5. The van der Waals surface area contributed by atoms with Gasteiger partial charge in [0.25, 0.3) is 0 Å². The Bertz CT molecular complexity index is 1210. The lowest BCUT2D eigenvalue weighted by Crippen LogP contribution is -2.58. The summed E-state index contributed by atoms with van der Waals surface area (Å²) in [6.07, 6.45) is 7.56. The van der Waals surface area contributed by atoms with Gasteiger partial charge >= 0.3 is 0 Å². The number of fused-ring (bicyclic) bond motifs is 1. The molecule has 3 amide bonds. The molecule has 2 N–H and O–H groups in total. The summed E-state index contributed by atoms with van der Waals surface area (Å²) < 4.78 is 25.9. The van der Waals surface area contributed by atoms with Gasteiger partial charge in [-0.25, -0.2) is 4.39 Å². The highest BCUT2D eigenvalue weighted by molar-refractivity contribution is 6.31. The Morgan fingerprint density at radius 2 is 2.00 bits per heavy atom. The first-order valence-corrected chi connectivity index (χ1v) is 14.4. The van der Waals surface area contributed by atoms with Gasteiger partial charge in [-0.3, -0.25) is 14.4 Å². The van der Waals surface area contributed by atoms with E-state index < -0.39 is 41.3 Å². The number of benzene rings is 1. The molecule has 9 atom stereocenters. The maximum absolute atomic E-state index is 14.1. The molecular weight excluding hydrogens is 525 g/mol. The second-order valence-corrected chi connectivity index (χ2v) is 12.2. The van der Waals surface area contributed by atoms with Crippen molar-refractivity contribution in [3.63, 3.8) is 0 Å². The zero-order valence-corrected chi connectivity index (χ0v) is 23.0. The van der Waals surface area contributed by atoms with Gasteiger partial charge in [-0.1, -0.05) is 50.4 Å². The van der Waals surface area contributed by atoms with Crippen LogP contribution in [0, 0.1) is 29.5 Å². The van der Waals surface area contributed by atoms with E-state index >= 15 is 0 Å². The molecular formula is C29H35ClFN3O5. The van der Waals surface area contributed by atoms with Crippen LogP contribution < -0.4 is 10.6 Å². The number of rotatable bonds is 6. The van der Waals surface area contributed by atoms with Crippen molar-refractivity contribution in [3.05, 3.63) is 41.2 Å². The van der Waals surface area contributed by atoms with Crippen molar-refractivity contribution in [2.45, 2.75) is 75.8 Å². The van der Waals surface area contributed by atoms with Crippen LogP contribution in [0.1, 0.15) is 46.0 Å². The molecule has 1 saturated carbocycles. The van der Waals surface area contributed by atoms with Crippen LogP contribution in [0.15, 0.2) is 30.4 Å². The molecule has 0 aromatic heterocycles. The number of nitrogens with zero attached hydrogens (tertiary/aromatic N) is 1. The first kappa shape index (κ1) is 26.7. The predicted octanol–water partition coefficient (Wildman–Crippen LogP) is 3.69. The van der Waals surface area contributed by atoms with Crippen molar-refractivity contribution in [2.75, 3.05) is 18.5 Å². The summed E-state index contributed by atoms with van der Waals surface area (Å²) in [5.74, 6) is -2.43. The second kappa shape index (κ2) is 10.2. The molecule has 5 aliphatic rings. The van der Waals surface area contributed by atoms with E-state index in [1.54, 1.807) is 11.0 Å². The Morgan fingerprint density at radius 1 is 1.18 bits per heavy atom. The summed E-state index contributed by atoms with van der Waals surface area (Å²) in [5, 5.41) is 5.92. The minimum absolute atomic E-state index is 0.0151. The number of carbonyl (C=O) groups is 3. The lowest BCUT2D eigenvalue weighted by Gasteiger charge is -2.38. The van der Waals surface area contributed by atoms with Crippen LogP contribution in [0.5, 0.6) is 0 Å². The van der Waals surface area contributed by atoms with Crippen molar-refractivity contribution < 1.29 is 28.2 Å². The van der Waals surface area contributed by atoms with Crippen LogP contribution in [0.3, 0.4) is 0 Å². The fraction of sp³-hybridized carbons (Fsp3) is 0.621. The highest BCUT2D eigenvalue weighted by Crippen LogP contribution is 2.55. The number of amides is 3. The van der Waals surface area contributed by atoms with E-state index in [4.69, 9.17) is 21.1 Å². The number of nitrogens with one attached hydrogen (secondary N) is 2. The summed E-state index contributed by atoms with van der Waals surface area (Å²) in [6.45, 7) is 5.27. The summed E-state index contributed by atoms with van der Waals surface area (Å²) in [6, 6.07) is 3.04. The van der Waals surface area contributed by atoms with Gasteiger partial charge < -0.3 is 25.0 Å². The van der Waals surface area contributed by atoms with Crippen LogP contribution in [0.4, 0.5) is 10.1 Å². The molecule has 1 aliphatic carbocycles. The number of anilines is 1. The monoisotopic (exact) mass is 559 g/mol. The number of ether oxygens (including phenoxy) is 2. The second-order valence-electron chi connectivity index (χ2n) is 11.8. The van der Waals surface area contributed by atoms with E-state index in [-0.39, 0.29) is 35.5 Å². The lowest BCUT2D eigenvalue weighted by molar-refractivity contribution is -0.143. The topological polar surface area (TPSA) is 97.0 Å². The SMILES string of the molecule is C[C@H]1[C@H](C)CCC[C@@H]1NC(=O)[C@@H]1N(C[C@@H]2CCCO2)C(=O)[C@H]2[C@H](C(=O)Nc3ccc(F)c(Cl)c3)[C@H]3C=C[C@@]12O3. The molecule has 4 aliphatic heterocycles. The summed E-state index contributed by atoms with van der Waals surface area (Å²) >= 11 is 5.91. The van der Waals surface area contributed by atoms with E-state index in [1.807, 2.05) is 6.08 Å². The Labute approximate surface area is 232 Å². The molecule has 3 saturated heterocycles. The van der Waals surface area contributed by atoms with Crippen LogP contribution in [-0.2, 0) is 23.9 Å². The van der Waals surface area contributed by atoms with Gasteiger partial charge in [0.2, 0.25) is 17.7 Å². The molecule has 2 bridgehead atoms. The normalized spacial score (nSPS) is 38.8. The van der Waals surface area contributed by atoms with E-state index in [0.717, 1.165) is 32.1 Å². The Morgan fingerprint density at radius 3 is 2.74 bits per heavy atom. The van der Waals surface area contributed by atoms with Crippen molar-refractivity contribution in [2.24, 2.45) is 23.7 Å². The molecule has 10 heteroatoms. The van der Waals surface area contributed by atoms with E-state index in [9.17, 15) is 18.8 Å². The minimum atomic E-state index is -1.24. The summed E-state index contributed by atoms with van der Waals surface area (Å²) in [4.78, 5) is 43.3. The first-order valence-electron chi connectivity index (χ1n) is 14.0. The number of hydrogen-bond donors (Lipinski definition) is 2. The highest BCUT2D eigenvalue weighted by Gasteiger charge is 2.73. The van der Waals surface area contributed by atoms with E-state index in [0.29, 0.717) is 24.1 Å². The minimum Gasteiger partial charge on any atom is -0.376 e. The Hall–Kier alpha value is -2.49. The van der Waals surface area contributed by atoms with Crippen LogP contribution in [-0.4, -0.2) is 65.7 Å². The van der Waals surface area contributed by atoms with E-state index in [2.05, 4.69) is 24.5 Å². The van der Waals surface area contributed by atoms with Crippen molar-refractivity contribution in [1.29, 1.82) is 0 Å². The maximum Gasteiger partial charge on any atom is 0.246 e. The molecule has 0 unspecified atom stereocenters. The fourth-order valence-electron chi connectivity index (χ4n) is 7.32. The predicted molar refractivity (Wildman–Crippen MR) is 142 cm³/mol. The Balaban J connectivity index is 1.29. The quantitative estimate of drug-likeness (QED) is 0.518. The molecule has 210 valence electrons. The van der Waals surface area contributed by atoms with Crippen LogP contribution >= 0.6 is 11.6 Å². The third kappa shape index (κ3) is 4.46. The average Bonchev–Trinajstić information content (AvgIpc) is 3.67. The fourth-order valence-corrected chi connectivity index (χ4v) is 7.50. The summed E-state index contributed by atoms with van der Waals surface area (Å²) in [7, 11) is 0. The standard InChI is InChI=1S/C29H35ClFN3O5/c1-15-5-3-7-21(16(15)2)33-27(36)25-29-11-10-22(39-29)23(26(35)32-17-8-9-20(31)19(30)13-17)24(29)28(37)34(25)14-18-6-4-12-38-18/h8-11,13,15-16,18,21-25H,3-7,12,14H2,1-2H3,(H,32,35)(H,33,36)/t15-,16+,18+,21+,22-,23-,24-,25+,29+/m1/s1. The van der Waals surface area contributed by atoms with Crippen LogP contribution in [0.25, 0.3) is 0 Å². The molecule has 0 radical (unpaired) electrons. The number of carbonyl (C=O) groups excluding carboxylic acids is 3. The van der Waals surface area contributed by atoms with Crippen molar-refractivity contribution in [3.8, 4) is 0 Å². The number of hydrogen-bond acceptors (Lipinski definition) is 5. The smallest absolute Gasteiger partial charge is 0.246 e. The van der Waals surface area contributed by atoms with Crippen molar-refractivity contribution in [1.82, 2.24) is 10.2 Å². The van der Waals surface area contributed by atoms with Gasteiger partial charge in [-0.15, -0.1) is 0 Å². The van der Waals surface area contributed by atoms with Gasteiger partial charge in [-0.2, -0.15) is 0 Å². The first-order chi connectivity index (χ1) is 18.7. The number of halogens is 2. The van der Waals surface area contributed by atoms with Gasteiger partial charge in [0.1, 0.15) is 17.5 Å². The molecule has 1 aromatic rings. The Kier molecular flexibility index (Phi) is 6.96. The average molecular weight is 560 g/mol. The van der Waals surface area contributed by atoms with Gasteiger partial charge in [0, 0.05) is 24.9 Å². The zero-order valence-electron chi connectivity index (χ0n) is 22.2. The van der Waals surface area contributed by atoms with E-state index in [1.165, 1.54) is 18.2 Å².